The molecule has 2 rings (SSSR count). The summed E-state index contributed by atoms with van der Waals surface area (Å²) in [6.07, 6.45) is 1.20. The first-order valence-electron chi connectivity index (χ1n) is 6.60. The normalized spacial score (nSPS) is 13.9. The summed E-state index contributed by atoms with van der Waals surface area (Å²) in [4.78, 5) is 26.1. The average Bonchev–Trinajstić information content (AvgIpc) is 2.38. The number of fused-ring (bicyclic) bond motifs is 1. The zero-order valence-corrected chi connectivity index (χ0v) is 11.6. The number of benzene rings is 1. The molecule has 20 heavy (non-hydrogen) atoms. The van der Waals surface area contributed by atoms with Crippen LogP contribution in [-0.4, -0.2) is 21.6 Å². The van der Waals surface area contributed by atoms with Crippen molar-refractivity contribution in [2.75, 3.05) is 5.32 Å². The number of pyridine rings is 1. The minimum atomic E-state index is -1.10. The van der Waals surface area contributed by atoms with E-state index in [9.17, 15) is 14.7 Å². The molecule has 0 aliphatic rings. The summed E-state index contributed by atoms with van der Waals surface area (Å²) >= 11 is 0. The van der Waals surface area contributed by atoms with Crippen molar-refractivity contribution >= 4 is 22.6 Å². The Hall–Kier alpha value is -2.30. The van der Waals surface area contributed by atoms with E-state index in [1.54, 1.807) is 25.1 Å². The van der Waals surface area contributed by atoms with Gasteiger partial charge in [0.25, 0.3) is 5.56 Å². The SMILES string of the molecule is CCCC(C)(Nc1cc2ccccc2c(=O)[nH]1)C(=O)O. The molecule has 0 fully saturated rings. The van der Waals surface area contributed by atoms with Gasteiger partial charge in [0.15, 0.2) is 0 Å². The molecule has 0 spiro atoms. The summed E-state index contributed by atoms with van der Waals surface area (Å²) < 4.78 is 0. The Balaban J connectivity index is 2.43. The third-order valence-corrected chi connectivity index (χ3v) is 3.39. The molecule has 0 saturated heterocycles. The van der Waals surface area contributed by atoms with E-state index in [0.29, 0.717) is 17.6 Å². The highest BCUT2D eigenvalue weighted by atomic mass is 16.4. The lowest BCUT2D eigenvalue weighted by Gasteiger charge is -2.26. The number of aromatic amines is 1. The molecule has 0 aliphatic carbocycles. The molecule has 0 amide bonds. The first kappa shape index (κ1) is 14.1. The Morgan fingerprint density at radius 3 is 2.75 bits per heavy atom. The predicted molar refractivity (Wildman–Crippen MR) is 79.1 cm³/mol. The largest absolute Gasteiger partial charge is 0.480 e. The van der Waals surface area contributed by atoms with Gasteiger partial charge in [-0.1, -0.05) is 31.5 Å². The van der Waals surface area contributed by atoms with Gasteiger partial charge in [0.2, 0.25) is 0 Å². The summed E-state index contributed by atoms with van der Waals surface area (Å²) in [5, 5.41) is 13.7. The maximum absolute atomic E-state index is 12.0. The number of nitrogens with one attached hydrogen (secondary N) is 2. The van der Waals surface area contributed by atoms with Crippen molar-refractivity contribution in [3.8, 4) is 0 Å². The van der Waals surface area contributed by atoms with Gasteiger partial charge in [-0.15, -0.1) is 0 Å². The zero-order chi connectivity index (χ0) is 14.8. The second-order valence-electron chi connectivity index (χ2n) is 5.11. The Labute approximate surface area is 116 Å². The Morgan fingerprint density at radius 1 is 1.40 bits per heavy atom. The monoisotopic (exact) mass is 274 g/mol. The fraction of sp³-hybridized carbons (Fsp3) is 0.333. The van der Waals surface area contributed by atoms with Crippen molar-refractivity contribution in [3.63, 3.8) is 0 Å². The van der Waals surface area contributed by atoms with Crippen molar-refractivity contribution in [3.05, 3.63) is 40.7 Å². The molecule has 106 valence electrons. The summed E-state index contributed by atoms with van der Waals surface area (Å²) in [6, 6.07) is 8.96. The van der Waals surface area contributed by atoms with Crippen LogP contribution < -0.4 is 10.9 Å². The zero-order valence-electron chi connectivity index (χ0n) is 11.6. The maximum atomic E-state index is 12.0. The highest BCUT2D eigenvalue weighted by Crippen LogP contribution is 2.20. The van der Waals surface area contributed by atoms with Crippen LogP contribution in [0.2, 0.25) is 0 Å². The fourth-order valence-electron chi connectivity index (χ4n) is 2.30. The molecule has 3 N–H and O–H groups in total. The number of carboxylic acids is 1. The lowest BCUT2D eigenvalue weighted by molar-refractivity contribution is -0.142. The third-order valence-electron chi connectivity index (χ3n) is 3.39. The number of hydrogen-bond acceptors (Lipinski definition) is 3. The summed E-state index contributed by atoms with van der Waals surface area (Å²) in [6.45, 7) is 3.54. The van der Waals surface area contributed by atoms with Crippen molar-refractivity contribution in [1.29, 1.82) is 0 Å². The van der Waals surface area contributed by atoms with E-state index in [1.807, 2.05) is 19.1 Å². The predicted octanol–water partition coefficient (Wildman–Crippen LogP) is 2.58. The first-order valence-corrected chi connectivity index (χ1v) is 6.60. The second-order valence-corrected chi connectivity index (χ2v) is 5.11. The average molecular weight is 274 g/mol. The molecule has 0 aliphatic heterocycles. The topological polar surface area (TPSA) is 82.2 Å². The van der Waals surface area contributed by atoms with Gasteiger partial charge in [-0.3, -0.25) is 4.79 Å². The molecule has 1 aromatic carbocycles. The van der Waals surface area contributed by atoms with Gasteiger partial charge in [-0.25, -0.2) is 4.79 Å². The molecule has 0 radical (unpaired) electrons. The number of aliphatic carboxylic acids is 1. The van der Waals surface area contributed by atoms with Gasteiger partial charge in [-0.2, -0.15) is 0 Å². The second kappa shape index (κ2) is 5.36. The molecule has 0 saturated carbocycles. The maximum Gasteiger partial charge on any atom is 0.329 e. The molecule has 0 bridgehead atoms. The summed E-state index contributed by atoms with van der Waals surface area (Å²) in [5.41, 5.74) is -1.32. The minimum absolute atomic E-state index is 0.227. The van der Waals surface area contributed by atoms with E-state index in [4.69, 9.17) is 0 Å². The van der Waals surface area contributed by atoms with E-state index in [0.717, 1.165) is 11.8 Å². The Bertz CT molecular complexity index is 693. The van der Waals surface area contributed by atoms with Crippen LogP contribution in [0.3, 0.4) is 0 Å². The molecule has 1 heterocycles. The van der Waals surface area contributed by atoms with Crippen molar-refractivity contribution in [2.24, 2.45) is 0 Å². The van der Waals surface area contributed by atoms with Crippen LogP contribution in [-0.2, 0) is 4.79 Å². The molecule has 1 aromatic heterocycles. The van der Waals surface area contributed by atoms with E-state index in [2.05, 4.69) is 10.3 Å². The quantitative estimate of drug-likeness (QED) is 0.782. The molecular formula is C15H18N2O3. The number of aromatic nitrogens is 1. The van der Waals surface area contributed by atoms with E-state index >= 15 is 0 Å². The van der Waals surface area contributed by atoms with Gasteiger partial charge in [0.05, 0.1) is 0 Å². The van der Waals surface area contributed by atoms with Crippen LogP contribution >= 0.6 is 0 Å². The van der Waals surface area contributed by atoms with E-state index in [-0.39, 0.29) is 5.56 Å². The molecule has 5 heteroatoms. The smallest absolute Gasteiger partial charge is 0.329 e. The number of hydrogen-bond donors (Lipinski definition) is 3. The van der Waals surface area contributed by atoms with E-state index in [1.165, 1.54) is 0 Å². The molecule has 1 atom stereocenters. The van der Waals surface area contributed by atoms with Crippen LogP contribution in [0.15, 0.2) is 35.1 Å². The van der Waals surface area contributed by atoms with Gasteiger partial charge < -0.3 is 15.4 Å². The van der Waals surface area contributed by atoms with Crippen LogP contribution in [0.1, 0.15) is 26.7 Å². The fourth-order valence-corrected chi connectivity index (χ4v) is 2.30. The first-order chi connectivity index (χ1) is 9.46. The molecule has 1 unspecified atom stereocenters. The number of anilines is 1. The standard InChI is InChI=1S/C15H18N2O3/c1-3-8-15(2,14(19)20)17-12-9-10-6-4-5-7-11(10)13(18)16-12/h4-7,9H,3,8H2,1-2H3,(H,19,20)(H2,16,17,18). The van der Waals surface area contributed by atoms with Crippen LogP contribution in [0.4, 0.5) is 5.82 Å². The van der Waals surface area contributed by atoms with Gasteiger partial charge in [0.1, 0.15) is 11.4 Å². The third kappa shape index (κ3) is 2.66. The van der Waals surface area contributed by atoms with Crippen molar-refractivity contribution in [2.45, 2.75) is 32.2 Å². The van der Waals surface area contributed by atoms with Crippen molar-refractivity contribution < 1.29 is 9.90 Å². The lowest BCUT2D eigenvalue weighted by Crippen LogP contribution is -2.43. The van der Waals surface area contributed by atoms with Crippen LogP contribution in [0.25, 0.3) is 10.8 Å². The molecule has 5 nitrogen and oxygen atoms in total. The van der Waals surface area contributed by atoms with Gasteiger partial charge >= 0.3 is 5.97 Å². The lowest BCUT2D eigenvalue weighted by atomic mass is 9.96. The Kier molecular flexibility index (Phi) is 3.79. The van der Waals surface area contributed by atoms with Crippen LogP contribution in [0, 0.1) is 0 Å². The number of carbonyl (C=O) groups is 1. The number of carboxylic acid groups (broad SMARTS) is 1. The molecule has 2 aromatic rings. The van der Waals surface area contributed by atoms with Crippen molar-refractivity contribution in [1.82, 2.24) is 4.98 Å². The Morgan fingerprint density at radius 2 is 2.10 bits per heavy atom. The van der Waals surface area contributed by atoms with Gasteiger partial charge in [0, 0.05) is 5.39 Å². The van der Waals surface area contributed by atoms with Crippen LogP contribution in [0.5, 0.6) is 0 Å². The summed E-state index contributed by atoms with van der Waals surface area (Å²) in [5.74, 6) is -0.514. The summed E-state index contributed by atoms with van der Waals surface area (Å²) in [7, 11) is 0. The van der Waals surface area contributed by atoms with Gasteiger partial charge in [-0.05, 0) is 30.9 Å². The minimum Gasteiger partial charge on any atom is -0.480 e. The highest BCUT2D eigenvalue weighted by Gasteiger charge is 2.32. The van der Waals surface area contributed by atoms with E-state index < -0.39 is 11.5 Å². The molecular weight excluding hydrogens is 256 g/mol. The highest BCUT2D eigenvalue weighted by molar-refractivity contribution is 5.86. The number of rotatable bonds is 5. The number of H-pyrrole nitrogens is 1.